The van der Waals surface area contributed by atoms with E-state index in [2.05, 4.69) is 22.3 Å². The molecule has 6 nitrogen and oxygen atoms in total. The van der Waals surface area contributed by atoms with Gasteiger partial charge in [-0.3, -0.25) is 14.5 Å². The fourth-order valence-corrected chi connectivity index (χ4v) is 5.07. The molecule has 0 bridgehead atoms. The van der Waals surface area contributed by atoms with Gasteiger partial charge in [-0.15, -0.1) is 0 Å². The van der Waals surface area contributed by atoms with Gasteiger partial charge in [0, 0.05) is 11.5 Å². The Bertz CT molecular complexity index is 979. The monoisotopic (exact) mass is 434 g/mol. The lowest BCUT2D eigenvalue weighted by molar-refractivity contribution is -0.125. The highest BCUT2D eigenvalue weighted by atomic mass is 16.6. The Morgan fingerprint density at radius 3 is 2.38 bits per heavy atom. The molecule has 2 aliphatic heterocycles. The number of nitrogens with one attached hydrogen (secondary N) is 1. The molecular formula is C26H30N2O4. The van der Waals surface area contributed by atoms with Crippen molar-refractivity contribution in [1.29, 1.82) is 0 Å². The lowest BCUT2D eigenvalue weighted by Gasteiger charge is -2.43. The van der Waals surface area contributed by atoms with Gasteiger partial charge >= 0.3 is 0 Å². The molecule has 6 heteroatoms. The van der Waals surface area contributed by atoms with Crippen molar-refractivity contribution in [1.82, 2.24) is 10.2 Å². The maximum absolute atomic E-state index is 13.0. The zero-order valence-electron chi connectivity index (χ0n) is 18.3. The van der Waals surface area contributed by atoms with Gasteiger partial charge in [0.1, 0.15) is 13.2 Å². The lowest BCUT2D eigenvalue weighted by atomic mass is 9.72. The van der Waals surface area contributed by atoms with E-state index in [1.165, 1.54) is 5.56 Å². The molecule has 2 aromatic carbocycles. The van der Waals surface area contributed by atoms with Gasteiger partial charge in [-0.05, 0) is 69.0 Å². The van der Waals surface area contributed by atoms with Crippen LogP contribution in [0.1, 0.15) is 48.0 Å². The second kappa shape index (κ2) is 8.94. The topological polar surface area (TPSA) is 67.9 Å². The van der Waals surface area contributed by atoms with E-state index in [9.17, 15) is 9.59 Å². The van der Waals surface area contributed by atoms with Crippen molar-refractivity contribution in [3.8, 4) is 11.5 Å². The first-order chi connectivity index (χ1) is 15.6. The van der Waals surface area contributed by atoms with Crippen molar-refractivity contribution in [3.05, 3.63) is 59.7 Å². The summed E-state index contributed by atoms with van der Waals surface area (Å²) in [7, 11) is 0. The maximum Gasteiger partial charge on any atom is 0.234 e. The zero-order chi connectivity index (χ0) is 22.0. The van der Waals surface area contributed by atoms with E-state index in [0.29, 0.717) is 36.8 Å². The van der Waals surface area contributed by atoms with E-state index in [1.807, 2.05) is 30.3 Å². The van der Waals surface area contributed by atoms with Crippen LogP contribution in [0.5, 0.6) is 11.5 Å². The van der Waals surface area contributed by atoms with Crippen LogP contribution in [0.3, 0.4) is 0 Å². The first kappa shape index (κ1) is 21.0. The van der Waals surface area contributed by atoms with Crippen molar-refractivity contribution in [2.24, 2.45) is 5.92 Å². The molecule has 2 fully saturated rings. The minimum absolute atomic E-state index is 0.0147. The highest BCUT2D eigenvalue weighted by molar-refractivity contribution is 5.98. The van der Waals surface area contributed by atoms with E-state index in [4.69, 9.17) is 9.47 Å². The van der Waals surface area contributed by atoms with E-state index in [0.717, 1.165) is 45.2 Å². The maximum atomic E-state index is 13.0. The summed E-state index contributed by atoms with van der Waals surface area (Å²) in [5.74, 6) is 1.57. The number of amides is 1. The van der Waals surface area contributed by atoms with Gasteiger partial charge in [0.2, 0.25) is 5.91 Å². The van der Waals surface area contributed by atoms with Crippen LogP contribution in [0.15, 0.2) is 48.5 Å². The number of carbonyl (C=O) groups excluding carboxylic acids is 2. The third kappa shape index (κ3) is 4.24. The molecule has 0 radical (unpaired) electrons. The van der Waals surface area contributed by atoms with Crippen LogP contribution in [-0.2, 0) is 10.3 Å². The number of ether oxygens (including phenoxy) is 2. The number of fused-ring (bicyclic) bond motifs is 1. The van der Waals surface area contributed by atoms with Gasteiger partial charge in [-0.2, -0.15) is 0 Å². The molecule has 32 heavy (non-hydrogen) atoms. The number of Topliss-reactive ketones (excluding diaryl/α,β-unsaturated/α-hetero) is 1. The standard InChI is InChI=1S/C26H30N2O4/c29-24(27-26(11-4-12-26)21-5-2-1-3-6-21)18-28-13-9-19(10-14-28)25(30)20-7-8-22-23(17-20)32-16-15-31-22/h1-3,5-8,17,19H,4,9-16,18H2,(H,27,29). The second-order valence-electron chi connectivity index (χ2n) is 9.12. The number of ketones is 1. The van der Waals surface area contributed by atoms with Crippen LogP contribution in [-0.4, -0.2) is 49.4 Å². The molecule has 2 aromatic rings. The summed E-state index contributed by atoms with van der Waals surface area (Å²) in [4.78, 5) is 28.0. The Labute approximate surface area is 188 Å². The molecule has 0 unspecified atom stereocenters. The first-order valence-electron chi connectivity index (χ1n) is 11.7. The summed E-state index contributed by atoms with van der Waals surface area (Å²) in [6.45, 7) is 2.95. The van der Waals surface area contributed by atoms with E-state index in [1.54, 1.807) is 6.07 Å². The molecule has 2 heterocycles. The normalized spacial score (nSPS) is 20.2. The molecule has 3 aliphatic rings. The van der Waals surface area contributed by atoms with Crippen LogP contribution >= 0.6 is 0 Å². The largest absolute Gasteiger partial charge is 0.486 e. The third-order valence-electron chi connectivity index (χ3n) is 7.06. The fourth-order valence-electron chi connectivity index (χ4n) is 5.07. The van der Waals surface area contributed by atoms with Gasteiger partial charge in [0.15, 0.2) is 17.3 Å². The van der Waals surface area contributed by atoms with Crippen molar-refractivity contribution in [3.63, 3.8) is 0 Å². The third-order valence-corrected chi connectivity index (χ3v) is 7.06. The van der Waals surface area contributed by atoms with Crippen LogP contribution < -0.4 is 14.8 Å². The number of carbonyl (C=O) groups is 2. The lowest BCUT2D eigenvalue weighted by Crippen LogP contribution is -2.53. The predicted octanol–water partition coefficient (Wildman–Crippen LogP) is 3.55. The van der Waals surface area contributed by atoms with E-state index in [-0.39, 0.29) is 23.1 Å². The number of likely N-dealkylation sites (tertiary alicyclic amines) is 1. The summed E-state index contributed by atoms with van der Waals surface area (Å²) in [6.07, 6.45) is 4.67. The van der Waals surface area contributed by atoms with Gasteiger partial charge < -0.3 is 14.8 Å². The van der Waals surface area contributed by atoms with Crippen molar-refractivity contribution in [2.75, 3.05) is 32.8 Å². The number of benzene rings is 2. The van der Waals surface area contributed by atoms with Crippen molar-refractivity contribution < 1.29 is 19.1 Å². The summed E-state index contributed by atoms with van der Waals surface area (Å²) in [5.41, 5.74) is 1.67. The molecule has 1 saturated heterocycles. The van der Waals surface area contributed by atoms with Gasteiger partial charge in [0.05, 0.1) is 12.1 Å². The number of rotatable bonds is 6. The average molecular weight is 435 g/mol. The molecule has 1 N–H and O–H groups in total. The summed E-state index contributed by atoms with van der Waals surface area (Å²) in [5, 5.41) is 3.31. The highest BCUT2D eigenvalue weighted by Crippen LogP contribution is 2.41. The highest BCUT2D eigenvalue weighted by Gasteiger charge is 2.40. The zero-order valence-corrected chi connectivity index (χ0v) is 18.3. The van der Waals surface area contributed by atoms with Gasteiger partial charge in [-0.1, -0.05) is 30.3 Å². The Kier molecular flexibility index (Phi) is 5.87. The Morgan fingerprint density at radius 1 is 0.969 bits per heavy atom. The molecule has 1 aliphatic carbocycles. The number of hydrogen-bond donors (Lipinski definition) is 1. The minimum atomic E-state index is -0.204. The SMILES string of the molecule is O=C(CN1CCC(C(=O)c2ccc3c(c2)OCCO3)CC1)NC1(c2ccccc2)CCC1. The Morgan fingerprint density at radius 2 is 1.69 bits per heavy atom. The van der Waals surface area contributed by atoms with Gasteiger partial charge in [-0.25, -0.2) is 0 Å². The van der Waals surface area contributed by atoms with Crippen LogP contribution in [0.2, 0.25) is 0 Å². The predicted molar refractivity (Wildman–Crippen MR) is 121 cm³/mol. The van der Waals surface area contributed by atoms with Crippen LogP contribution in [0.25, 0.3) is 0 Å². The molecular weight excluding hydrogens is 404 g/mol. The summed E-state index contributed by atoms with van der Waals surface area (Å²) in [6, 6.07) is 15.7. The van der Waals surface area contributed by atoms with Gasteiger partial charge in [0.25, 0.3) is 0 Å². The Hall–Kier alpha value is -2.86. The molecule has 0 spiro atoms. The summed E-state index contributed by atoms with van der Waals surface area (Å²) < 4.78 is 11.2. The Balaban J connectivity index is 1.14. The number of nitrogens with zero attached hydrogens (tertiary/aromatic N) is 1. The quantitative estimate of drug-likeness (QED) is 0.705. The smallest absolute Gasteiger partial charge is 0.234 e. The van der Waals surface area contributed by atoms with Crippen LogP contribution in [0, 0.1) is 5.92 Å². The molecule has 1 amide bonds. The van der Waals surface area contributed by atoms with Crippen LogP contribution in [0.4, 0.5) is 0 Å². The first-order valence-corrected chi connectivity index (χ1v) is 11.7. The summed E-state index contributed by atoms with van der Waals surface area (Å²) >= 11 is 0. The molecule has 168 valence electrons. The average Bonchev–Trinajstić information content (AvgIpc) is 2.82. The fraction of sp³-hybridized carbons (Fsp3) is 0.462. The van der Waals surface area contributed by atoms with Crippen molar-refractivity contribution in [2.45, 2.75) is 37.6 Å². The second-order valence-corrected chi connectivity index (χ2v) is 9.12. The van der Waals surface area contributed by atoms with Crippen molar-refractivity contribution >= 4 is 11.7 Å². The molecule has 5 rings (SSSR count). The number of hydrogen-bond acceptors (Lipinski definition) is 5. The molecule has 0 atom stereocenters. The molecule has 1 saturated carbocycles. The molecule has 0 aromatic heterocycles. The van der Waals surface area contributed by atoms with E-state index >= 15 is 0 Å². The van der Waals surface area contributed by atoms with E-state index < -0.39 is 0 Å². The number of piperidine rings is 1. The minimum Gasteiger partial charge on any atom is -0.486 e.